The molecule has 7 heteroatoms. The van der Waals surface area contributed by atoms with Crippen molar-refractivity contribution in [3.63, 3.8) is 0 Å². The molecule has 2 aliphatic heterocycles. The van der Waals surface area contributed by atoms with Crippen LogP contribution in [0.25, 0.3) is 0 Å². The molecule has 0 amide bonds. The first-order valence-electron chi connectivity index (χ1n) is 6.21. The number of thiocarbonyl (C=S) groups is 1. The van der Waals surface area contributed by atoms with E-state index in [-0.39, 0.29) is 16.8 Å². The van der Waals surface area contributed by atoms with E-state index in [1.165, 1.54) is 11.8 Å². The van der Waals surface area contributed by atoms with E-state index in [0.717, 1.165) is 15.8 Å². The maximum Gasteiger partial charge on any atom is 0.153 e. The predicted molar refractivity (Wildman–Crippen MR) is 86.5 cm³/mol. The van der Waals surface area contributed by atoms with Gasteiger partial charge in [0, 0.05) is 5.69 Å². The second kappa shape index (κ2) is 4.61. The van der Waals surface area contributed by atoms with Gasteiger partial charge < -0.3 is 9.64 Å². The minimum atomic E-state index is -2.99. The number of rotatable bonds is 2. The van der Waals surface area contributed by atoms with E-state index < -0.39 is 15.4 Å². The number of sulfone groups is 1. The average Bonchev–Trinajstić information content (AvgIpc) is 2.72. The van der Waals surface area contributed by atoms with Crippen LogP contribution in [0.3, 0.4) is 0 Å². The second-order valence-electron chi connectivity index (χ2n) is 5.32. The Balaban J connectivity index is 2.01. The molecule has 0 saturated carbocycles. The molecule has 0 aliphatic carbocycles. The number of ether oxygens (including phenoxy) is 1. The molecule has 108 valence electrons. The van der Waals surface area contributed by atoms with Crippen molar-refractivity contribution in [1.29, 1.82) is 0 Å². The summed E-state index contributed by atoms with van der Waals surface area (Å²) in [4.78, 5) is 1.99. The Hall–Kier alpha value is -0.790. The predicted octanol–water partition coefficient (Wildman–Crippen LogP) is 2.09. The minimum absolute atomic E-state index is 0.0158. The fourth-order valence-corrected chi connectivity index (χ4v) is 7.82. The second-order valence-corrected chi connectivity index (χ2v) is 9.26. The maximum atomic E-state index is 11.9. The summed E-state index contributed by atoms with van der Waals surface area (Å²) in [7, 11) is -1.37. The highest BCUT2D eigenvalue weighted by atomic mass is 32.2. The lowest BCUT2D eigenvalue weighted by molar-refractivity contribution is 0.414. The van der Waals surface area contributed by atoms with Crippen molar-refractivity contribution in [3.8, 4) is 5.75 Å². The highest BCUT2D eigenvalue weighted by Crippen LogP contribution is 2.48. The Bertz CT molecular complexity index is 656. The van der Waals surface area contributed by atoms with Crippen LogP contribution in [-0.4, -0.2) is 42.1 Å². The van der Waals surface area contributed by atoms with Gasteiger partial charge in [-0.3, -0.25) is 0 Å². The van der Waals surface area contributed by atoms with Crippen molar-refractivity contribution in [2.45, 2.75) is 17.7 Å². The molecule has 1 aromatic rings. The van der Waals surface area contributed by atoms with E-state index in [0.29, 0.717) is 0 Å². The molecule has 2 fully saturated rings. The zero-order valence-electron chi connectivity index (χ0n) is 11.2. The maximum absolute atomic E-state index is 11.9. The molecule has 2 saturated heterocycles. The Morgan fingerprint density at radius 2 is 2.05 bits per heavy atom. The SMILES string of the molecule is COc1ccc(N2C(=S)S[C@H]3CS(=O)(=O)C[C@]32C)cc1. The summed E-state index contributed by atoms with van der Waals surface area (Å²) in [5.41, 5.74) is 0.472. The zero-order valence-corrected chi connectivity index (χ0v) is 13.6. The van der Waals surface area contributed by atoms with E-state index in [1.54, 1.807) is 7.11 Å². The normalized spacial score (nSPS) is 31.4. The van der Waals surface area contributed by atoms with Crippen LogP contribution in [0.5, 0.6) is 5.75 Å². The molecule has 2 heterocycles. The first-order valence-corrected chi connectivity index (χ1v) is 9.32. The molecule has 0 spiro atoms. The number of thioether (sulfide) groups is 1. The van der Waals surface area contributed by atoms with Crippen LogP contribution in [0.2, 0.25) is 0 Å². The number of hydrogen-bond donors (Lipinski definition) is 0. The number of hydrogen-bond acceptors (Lipinski definition) is 5. The molecule has 1 aromatic carbocycles. The third-order valence-corrected chi connectivity index (χ3v) is 7.77. The minimum Gasteiger partial charge on any atom is -0.497 e. The summed E-state index contributed by atoms with van der Waals surface area (Å²) in [5, 5.41) is 0.0158. The monoisotopic (exact) mass is 329 g/mol. The van der Waals surface area contributed by atoms with Gasteiger partial charge in [0.1, 0.15) is 10.1 Å². The molecule has 0 N–H and O–H groups in total. The Morgan fingerprint density at radius 3 is 2.65 bits per heavy atom. The van der Waals surface area contributed by atoms with Gasteiger partial charge in [0.25, 0.3) is 0 Å². The van der Waals surface area contributed by atoms with Gasteiger partial charge in [0.05, 0.1) is 29.4 Å². The summed E-state index contributed by atoms with van der Waals surface area (Å²) in [6.45, 7) is 1.98. The summed E-state index contributed by atoms with van der Waals surface area (Å²) in [6, 6.07) is 7.57. The van der Waals surface area contributed by atoms with Crippen LogP contribution in [0.15, 0.2) is 24.3 Å². The largest absolute Gasteiger partial charge is 0.497 e. The molecule has 2 atom stereocenters. The number of methoxy groups -OCH3 is 1. The fourth-order valence-electron chi connectivity index (χ4n) is 2.89. The first kappa shape index (κ1) is 14.2. The van der Waals surface area contributed by atoms with Crippen molar-refractivity contribution >= 4 is 43.8 Å². The van der Waals surface area contributed by atoms with Crippen molar-refractivity contribution < 1.29 is 13.2 Å². The smallest absolute Gasteiger partial charge is 0.153 e. The third-order valence-electron chi connectivity index (χ3n) is 3.88. The molecule has 0 unspecified atom stereocenters. The quantitative estimate of drug-likeness (QED) is 0.774. The van der Waals surface area contributed by atoms with Gasteiger partial charge >= 0.3 is 0 Å². The highest BCUT2D eigenvalue weighted by molar-refractivity contribution is 8.24. The molecule has 4 nitrogen and oxygen atoms in total. The molecule has 2 aliphatic rings. The fraction of sp³-hybridized carbons (Fsp3) is 0.462. The zero-order chi connectivity index (χ0) is 14.5. The van der Waals surface area contributed by atoms with E-state index in [4.69, 9.17) is 17.0 Å². The van der Waals surface area contributed by atoms with Crippen molar-refractivity contribution in [2.75, 3.05) is 23.5 Å². The van der Waals surface area contributed by atoms with Gasteiger partial charge in [-0.25, -0.2) is 8.42 Å². The topological polar surface area (TPSA) is 46.6 Å². The molecule has 0 aromatic heterocycles. The molecule has 0 radical (unpaired) electrons. The van der Waals surface area contributed by atoms with Crippen LogP contribution < -0.4 is 9.64 Å². The lowest BCUT2D eigenvalue weighted by atomic mass is 9.99. The number of benzene rings is 1. The van der Waals surface area contributed by atoms with Crippen molar-refractivity contribution in [2.24, 2.45) is 0 Å². The molecule has 20 heavy (non-hydrogen) atoms. The summed E-state index contributed by atoms with van der Waals surface area (Å²) in [6.07, 6.45) is 0. The number of anilines is 1. The van der Waals surface area contributed by atoms with Crippen molar-refractivity contribution in [1.82, 2.24) is 0 Å². The highest BCUT2D eigenvalue weighted by Gasteiger charge is 2.57. The molecule has 0 bridgehead atoms. The van der Waals surface area contributed by atoms with E-state index in [9.17, 15) is 8.42 Å². The molecular formula is C13H15NO3S3. The van der Waals surface area contributed by atoms with Crippen LogP contribution in [0.4, 0.5) is 5.69 Å². The van der Waals surface area contributed by atoms with Crippen LogP contribution >= 0.6 is 24.0 Å². The molecule has 3 rings (SSSR count). The van der Waals surface area contributed by atoms with Gasteiger partial charge in [-0.2, -0.15) is 0 Å². The lowest BCUT2D eigenvalue weighted by Crippen LogP contribution is -2.49. The van der Waals surface area contributed by atoms with Crippen LogP contribution in [0.1, 0.15) is 6.92 Å². The Labute approximate surface area is 128 Å². The van der Waals surface area contributed by atoms with Gasteiger partial charge in [0.2, 0.25) is 0 Å². The number of nitrogens with zero attached hydrogens (tertiary/aromatic N) is 1. The average molecular weight is 329 g/mol. The van der Waals surface area contributed by atoms with Gasteiger partial charge in [0.15, 0.2) is 9.84 Å². The first-order chi connectivity index (χ1) is 9.36. The van der Waals surface area contributed by atoms with Gasteiger partial charge in [-0.05, 0) is 31.2 Å². The van der Waals surface area contributed by atoms with Crippen LogP contribution in [0, 0.1) is 0 Å². The Morgan fingerprint density at radius 1 is 1.40 bits per heavy atom. The van der Waals surface area contributed by atoms with Crippen molar-refractivity contribution in [3.05, 3.63) is 24.3 Å². The summed E-state index contributed by atoms with van der Waals surface area (Å²) >= 11 is 6.94. The summed E-state index contributed by atoms with van der Waals surface area (Å²) < 4.78 is 29.8. The van der Waals surface area contributed by atoms with E-state index in [2.05, 4.69) is 0 Å². The van der Waals surface area contributed by atoms with Crippen LogP contribution in [-0.2, 0) is 9.84 Å². The summed E-state index contributed by atoms with van der Waals surface area (Å²) in [5.74, 6) is 1.14. The van der Waals surface area contributed by atoms with Gasteiger partial charge in [-0.1, -0.05) is 24.0 Å². The standard InChI is InChI=1S/C13H15NO3S3/c1-13-8-20(15,16)7-11(13)19-12(18)14(13)9-3-5-10(17-2)6-4-9/h3-6,11H,7-8H2,1-2H3/t11-,13+/m0/s1. The molecular weight excluding hydrogens is 314 g/mol. The van der Waals surface area contributed by atoms with Gasteiger partial charge in [-0.15, -0.1) is 0 Å². The van der Waals surface area contributed by atoms with E-state index in [1.807, 2.05) is 36.1 Å². The Kier molecular flexibility index (Phi) is 3.26. The lowest BCUT2D eigenvalue weighted by Gasteiger charge is -2.34. The third kappa shape index (κ3) is 2.12. The number of fused-ring (bicyclic) bond motifs is 1. The van der Waals surface area contributed by atoms with E-state index >= 15 is 0 Å².